The van der Waals surface area contributed by atoms with Gasteiger partial charge in [0.1, 0.15) is 5.75 Å². The van der Waals surface area contributed by atoms with Crippen molar-refractivity contribution in [2.75, 3.05) is 7.11 Å². The van der Waals surface area contributed by atoms with E-state index in [1.54, 1.807) is 60.7 Å². The van der Waals surface area contributed by atoms with Crippen LogP contribution >= 0.6 is 23.2 Å². The van der Waals surface area contributed by atoms with Crippen molar-refractivity contribution in [1.29, 1.82) is 0 Å². The van der Waals surface area contributed by atoms with Gasteiger partial charge in [-0.2, -0.15) is 0 Å². The van der Waals surface area contributed by atoms with Crippen LogP contribution in [0, 0.1) is 6.92 Å². The molecule has 4 aromatic rings. The van der Waals surface area contributed by atoms with Crippen molar-refractivity contribution in [3.63, 3.8) is 0 Å². The zero-order valence-corrected chi connectivity index (χ0v) is 22.6. The van der Waals surface area contributed by atoms with Crippen LogP contribution in [0.3, 0.4) is 0 Å². The molecule has 2 amide bonds. The Bertz CT molecular complexity index is 1620. The highest BCUT2D eigenvalue weighted by Gasteiger charge is 2.37. The van der Waals surface area contributed by atoms with Crippen LogP contribution in [0.15, 0.2) is 66.7 Å². The molecule has 0 fully saturated rings. The number of methoxy groups -OCH3 is 1. The molecule has 2 heterocycles. The van der Waals surface area contributed by atoms with Gasteiger partial charge >= 0.3 is 0 Å². The molecule has 0 saturated carbocycles. The fraction of sp³-hybridized carbons (Fsp3) is 0.167. The highest BCUT2D eigenvalue weighted by atomic mass is 35.5. The number of imide groups is 1. The van der Waals surface area contributed by atoms with E-state index >= 15 is 0 Å². The highest BCUT2D eigenvalue weighted by molar-refractivity contribution is 6.35. The van der Waals surface area contributed by atoms with E-state index in [-0.39, 0.29) is 24.1 Å². The van der Waals surface area contributed by atoms with Crippen LogP contribution in [0.25, 0.3) is 5.69 Å². The van der Waals surface area contributed by atoms with E-state index in [9.17, 15) is 14.4 Å². The number of amides is 2. The molecule has 0 saturated heterocycles. The zero-order valence-electron chi connectivity index (χ0n) is 21.0. The van der Waals surface area contributed by atoms with E-state index < -0.39 is 0 Å². The SMILES string of the molecule is CCc1cc(C)n(-c2ccc(Cl)cc2C(=O)c2ccccc2Cl)c1CN1C(=O)c2ccc(OC)cc2C1=O. The first-order chi connectivity index (χ1) is 18.2. The van der Waals surface area contributed by atoms with Crippen LogP contribution in [0.2, 0.25) is 10.0 Å². The van der Waals surface area contributed by atoms with Crippen LogP contribution in [0.1, 0.15) is 60.5 Å². The Hall–Kier alpha value is -3.87. The minimum atomic E-state index is -0.389. The summed E-state index contributed by atoms with van der Waals surface area (Å²) < 4.78 is 7.17. The Kier molecular flexibility index (Phi) is 6.86. The minimum Gasteiger partial charge on any atom is -0.497 e. The van der Waals surface area contributed by atoms with Crippen LogP contribution in [0.5, 0.6) is 5.75 Å². The summed E-state index contributed by atoms with van der Waals surface area (Å²) >= 11 is 12.7. The van der Waals surface area contributed by atoms with Gasteiger partial charge in [-0.3, -0.25) is 19.3 Å². The maximum atomic E-state index is 13.7. The number of nitrogens with zero attached hydrogens (tertiary/aromatic N) is 2. The Morgan fingerprint density at radius 3 is 2.34 bits per heavy atom. The van der Waals surface area contributed by atoms with Crippen molar-refractivity contribution in [3.8, 4) is 11.4 Å². The quantitative estimate of drug-likeness (QED) is 0.191. The normalized spacial score (nSPS) is 12.7. The molecule has 1 aliphatic heterocycles. The number of ether oxygens (including phenoxy) is 1. The van der Waals surface area contributed by atoms with Gasteiger partial charge in [0.2, 0.25) is 0 Å². The molecule has 0 unspecified atom stereocenters. The third-order valence-electron chi connectivity index (χ3n) is 6.81. The first-order valence-electron chi connectivity index (χ1n) is 12.1. The fourth-order valence-corrected chi connectivity index (χ4v) is 5.33. The Morgan fingerprint density at radius 2 is 1.63 bits per heavy atom. The van der Waals surface area contributed by atoms with Crippen molar-refractivity contribution < 1.29 is 19.1 Å². The Labute approximate surface area is 230 Å². The number of rotatable bonds is 7. The third kappa shape index (κ3) is 4.30. The summed E-state index contributed by atoms with van der Waals surface area (Å²) in [5.74, 6) is -0.537. The first-order valence-corrected chi connectivity index (χ1v) is 12.8. The molecule has 0 spiro atoms. The van der Waals surface area contributed by atoms with Crippen LogP contribution in [0.4, 0.5) is 0 Å². The third-order valence-corrected chi connectivity index (χ3v) is 7.37. The van der Waals surface area contributed by atoms with Gasteiger partial charge in [-0.05, 0) is 73.5 Å². The summed E-state index contributed by atoms with van der Waals surface area (Å²) in [4.78, 5) is 41.5. The topological polar surface area (TPSA) is 68.6 Å². The molecule has 0 atom stereocenters. The lowest BCUT2D eigenvalue weighted by Gasteiger charge is -2.20. The first kappa shape index (κ1) is 25.8. The molecule has 3 aromatic carbocycles. The van der Waals surface area contributed by atoms with Crippen LogP contribution in [-0.4, -0.2) is 34.2 Å². The van der Waals surface area contributed by atoms with Crippen molar-refractivity contribution >= 4 is 40.8 Å². The summed E-state index contributed by atoms with van der Waals surface area (Å²) in [6.45, 7) is 3.97. The second-order valence-electron chi connectivity index (χ2n) is 9.03. The number of carbonyl (C=O) groups is 3. The van der Waals surface area contributed by atoms with Crippen molar-refractivity contribution in [2.24, 2.45) is 0 Å². The summed E-state index contributed by atoms with van der Waals surface area (Å²) in [5, 5.41) is 0.740. The standard InChI is InChI=1S/C30H24Cl2N2O4/c1-4-18-13-17(2)34(26-12-9-19(31)14-24(26)28(35)22-7-5-6-8-25(22)32)27(18)16-33-29(36)21-11-10-20(38-3)15-23(21)30(33)37/h5-15H,4,16H2,1-3H3. The van der Waals surface area contributed by atoms with Gasteiger partial charge in [0, 0.05) is 27.5 Å². The molecule has 5 rings (SSSR count). The lowest BCUT2D eigenvalue weighted by molar-refractivity contribution is 0.0638. The van der Waals surface area contributed by atoms with Gasteiger partial charge in [-0.25, -0.2) is 0 Å². The molecule has 1 aromatic heterocycles. The molecule has 8 heteroatoms. The molecule has 0 bridgehead atoms. The summed E-state index contributed by atoms with van der Waals surface area (Å²) in [6.07, 6.45) is 0.668. The number of ketones is 1. The van der Waals surface area contributed by atoms with Crippen LogP contribution < -0.4 is 4.74 Å². The maximum Gasteiger partial charge on any atom is 0.262 e. The zero-order chi connectivity index (χ0) is 27.1. The van der Waals surface area contributed by atoms with Crippen LogP contribution in [-0.2, 0) is 13.0 Å². The second kappa shape index (κ2) is 10.1. The molecule has 192 valence electrons. The Morgan fingerprint density at radius 1 is 0.895 bits per heavy atom. The highest BCUT2D eigenvalue weighted by Crippen LogP contribution is 2.33. The lowest BCUT2D eigenvalue weighted by Crippen LogP contribution is -2.30. The van der Waals surface area contributed by atoms with Crippen molar-refractivity contribution in [3.05, 3.63) is 116 Å². The average Bonchev–Trinajstić information content (AvgIpc) is 3.36. The number of hydrogen-bond donors (Lipinski definition) is 0. The number of halogens is 2. The predicted octanol–water partition coefficient (Wildman–Crippen LogP) is 6.69. The molecular weight excluding hydrogens is 523 g/mol. The van der Waals surface area contributed by atoms with Gasteiger partial charge < -0.3 is 9.30 Å². The predicted molar refractivity (Wildman–Crippen MR) is 147 cm³/mol. The van der Waals surface area contributed by atoms with E-state index in [2.05, 4.69) is 0 Å². The minimum absolute atomic E-state index is 0.0357. The number of carbonyl (C=O) groups excluding carboxylic acids is 3. The fourth-order valence-electron chi connectivity index (χ4n) is 4.94. The number of aryl methyl sites for hydroxylation is 2. The average molecular weight is 547 g/mol. The number of hydrogen-bond acceptors (Lipinski definition) is 4. The molecule has 0 N–H and O–H groups in total. The van der Waals surface area contributed by atoms with Gasteiger partial charge in [0.05, 0.1) is 35.5 Å². The molecule has 0 radical (unpaired) electrons. The van der Waals surface area contributed by atoms with Crippen molar-refractivity contribution in [2.45, 2.75) is 26.8 Å². The second-order valence-corrected chi connectivity index (χ2v) is 9.87. The number of aromatic nitrogens is 1. The molecule has 1 aliphatic rings. The largest absolute Gasteiger partial charge is 0.497 e. The van der Waals surface area contributed by atoms with Crippen molar-refractivity contribution in [1.82, 2.24) is 9.47 Å². The molecule has 0 aliphatic carbocycles. The van der Waals surface area contributed by atoms with E-state index in [1.165, 1.54) is 12.0 Å². The van der Waals surface area contributed by atoms with E-state index in [1.807, 2.05) is 24.5 Å². The summed E-state index contributed by atoms with van der Waals surface area (Å²) in [5.41, 5.74) is 4.50. The summed E-state index contributed by atoms with van der Waals surface area (Å²) in [6, 6.07) is 18.8. The monoisotopic (exact) mass is 546 g/mol. The number of fused-ring (bicyclic) bond motifs is 1. The Balaban J connectivity index is 1.63. The summed E-state index contributed by atoms with van der Waals surface area (Å²) in [7, 11) is 1.51. The van der Waals surface area contributed by atoms with E-state index in [0.717, 1.165) is 17.0 Å². The lowest BCUT2D eigenvalue weighted by atomic mass is 10.0. The van der Waals surface area contributed by atoms with Gasteiger partial charge in [-0.1, -0.05) is 42.3 Å². The molecule has 38 heavy (non-hydrogen) atoms. The molecule has 6 nitrogen and oxygen atoms in total. The molecular formula is C30H24Cl2N2O4. The van der Waals surface area contributed by atoms with Gasteiger partial charge in [0.25, 0.3) is 11.8 Å². The van der Waals surface area contributed by atoms with E-state index in [4.69, 9.17) is 27.9 Å². The van der Waals surface area contributed by atoms with Gasteiger partial charge in [0.15, 0.2) is 5.78 Å². The number of benzene rings is 3. The maximum absolute atomic E-state index is 13.7. The van der Waals surface area contributed by atoms with E-state index in [0.29, 0.717) is 50.2 Å². The van der Waals surface area contributed by atoms with Gasteiger partial charge in [-0.15, -0.1) is 0 Å². The smallest absolute Gasteiger partial charge is 0.262 e.